The van der Waals surface area contributed by atoms with Crippen molar-refractivity contribution in [1.82, 2.24) is 0 Å². The molecule has 0 aliphatic heterocycles. The highest BCUT2D eigenvalue weighted by Gasteiger charge is 2.05. The van der Waals surface area contributed by atoms with Crippen LogP contribution in [0, 0.1) is 0 Å². The molecule has 0 N–H and O–H groups in total. The van der Waals surface area contributed by atoms with Crippen molar-refractivity contribution in [1.29, 1.82) is 0 Å². The maximum Gasteiger partial charge on any atom is 0.162 e. The van der Waals surface area contributed by atoms with Crippen molar-refractivity contribution in [3.05, 3.63) is 29.8 Å². The van der Waals surface area contributed by atoms with Gasteiger partial charge in [0, 0.05) is 12.0 Å². The lowest BCUT2D eigenvalue weighted by molar-refractivity contribution is 0.0979. The summed E-state index contributed by atoms with van der Waals surface area (Å²) in [5, 5.41) is 0. The van der Waals surface area contributed by atoms with Crippen molar-refractivity contribution < 1.29 is 9.53 Å². The Labute approximate surface area is 110 Å². The molecule has 0 unspecified atom stereocenters. The minimum atomic E-state index is 0.244. The van der Waals surface area contributed by atoms with Gasteiger partial charge in [-0.1, -0.05) is 33.1 Å². The Balaban J connectivity index is 2.38. The Hall–Kier alpha value is -1.31. The highest BCUT2D eigenvalue weighted by atomic mass is 16.5. The molecule has 0 saturated carbocycles. The summed E-state index contributed by atoms with van der Waals surface area (Å²) >= 11 is 0. The smallest absolute Gasteiger partial charge is 0.162 e. The highest BCUT2D eigenvalue weighted by molar-refractivity contribution is 5.96. The lowest BCUT2D eigenvalue weighted by atomic mass is 10.0. The molecule has 2 heteroatoms. The van der Waals surface area contributed by atoms with Crippen LogP contribution in [0.4, 0.5) is 0 Å². The van der Waals surface area contributed by atoms with E-state index in [1.54, 1.807) is 0 Å². The van der Waals surface area contributed by atoms with Gasteiger partial charge in [0.15, 0.2) is 5.78 Å². The Kier molecular flexibility index (Phi) is 7.16. The van der Waals surface area contributed by atoms with E-state index in [1.165, 1.54) is 12.8 Å². The summed E-state index contributed by atoms with van der Waals surface area (Å²) in [7, 11) is 0. The molecule has 0 bridgehead atoms. The second-order valence-electron chi connectivity index (χ2n) is 4.61. The maximum absolute atomic E-state index is 11.9. The highest BCUT2D eigenvalue weighted by Crippen LogP contribution is 2.15. The number of Topliss-reactive ketones (excluding diaryl/α,β-unsaturated/α-hetero) is 1. The molecule has 0 spiro atoms. The van der Waals surface area contributed by atoms with Gasteiger partial charge in [-0.25, -0.2) is 0 Å². The molecule has 100 valence electrons. The van der Waals surface area contributed by atoms with Crippen molar-refractivity contribution >= 4 is 5.78 Å². The minimum absolute atomic E-state index is 0.244. The Morgan fingerprint density at radius 1 is 1.00 bits per heavy atom. The number of carbonyl (C=O) groups is 1. The van der Waals surface area contributed by atoms with Crippen molar-refractivity contribution in [3.8, 4) is 5.75 Å². The summed E-state index contributed by atoms with van der Waals surface area (Å²) in [6.45, 7) is 4.98. The SMILES string of the molecule is CCCCCCC(=O)c1ccc(OCCC)cc1. The van der Waals surface area contributed by atoms with Gasteiger partial charge in [0.2, 0.25) is 0 Å². The van der Waals surface area contributed by atoms with Gasteiger partial charge >= 0.3 is 0 Å². The normalized spacial score (nSPS) is 10.3. The number of ether oxygens (including phenoxy) is 1. The lowest BCUT2D eigenvalue weighted by Gasteiger charge is -2.05. The molecular formula is C16H24O2. The zero-order valence-electron chi connectivity index (χ0n) is 11.6. The van der Waals surface area contributed by atoms with Gasteiger partial charge in [0.25, 0.3) is 0 Å². The second kappa shape index (κ2) is 8.73. The van der Waals surface area contributed by atoms with Gasteiger partial charge in [0.1, 0.15) is 5.75 Å². The molecule has 0 aromatic heterocycles. The third-order valence-electron chi connectivity index (χ3n) is 2.91. The number of ketones is 1. The first-order valence-electron chi connectivity index (χ1n) is 7.04. The van der Waals surface area contributed by atoms with Crippen LogP contribution < -0.4 is 4.74 Å². The molecule has 0 heterocycles. The third kappa shape index (κ3) is 5.35. The lowest BCUT2D eigenvalue weighted by Crippen LogP contribution is -2.00. The summed E-state index contributed by atoms with van der Waals surface area (Å²) < 4.78 is 5.49. The van der Waals surface area contributed by atoms with E-state index in [2.05, 4.69) is 13.8 Å². The molecule has 1 rings (SSSR count). The molecule has 0 atom stereocenters. The van der Waals surface area contributed by atoms with Gasteiger partial charge in [0.05, 0.1) is 6.61 Å². The van der Waals surface area contributed by atoms with E-state index in [4.69, 9.17) is 4.74 Å². The fourth-order valence-electron chi connectivity index (χ4n) is 1.81. The number of hydrogen-bond acceptors (Lipinski definition) is 2. The quantitative estimate of drug-likeness (QED) is 0.470. The molecular weight excluding hydrogens is 224 g/mol. The fraction of sp³-hybridized carbons (Fsp3) is 0.562. The number of unbranched alkanes of at least 4 members (excludes halogenated alkanes) is 3. The van der Waals surface area contributed by atoms with E-state index < -0.39 is 0 Å². The van der Waals surface area contributed by atoms with Crippen LogP contribution in [0.15, 0.2) is 24.3 Å². The average molecular weight is 248 g/mol. The Morgan fingerprint density at radius 3 is 2.33 bits per heavy atom. The van der Waals surface area contributed by atoms with Gasteiger partial charge in [-0.2, -0.15) is 0 Å². The first-order chi connectivity index (χ1) is 8.77. The van der Waals surface area contributed by atoms with Crippen LogP contribution in [-0.4, -0.2) is 12.4 Å². The van der Waals surface area contributed by atoms with E-state index in [-0.39, 0.29) is 5.78 Å². The van der Waals surface area contributed by atoms with Gasteiger partial charge in [-0.15, -0.1) is 0 Å². The molecule has 2 nitrogen and oxygen atoms in total. The first-order valence-corrected chi connectivity index (χ1v) is 7.04. The standard InChI is InChI=1S/C16H24O2/c1-3-5-6-7-8-16(17)14-9-11-15(12-10-14)18-13-4-2/h9-12H,3-8,13H2,1-2H3. The van der Waals surface area contributed by atoms with Crippen LogP contribution in [0.25, 0.3) is 0 Å². The predicted molar refractivity (Wildman–Crippen MR) is 75.3 cm³/mol. The molecule has 18 heavy (non-hydrogen) atoms. The Morgan fingerprint density at radius 2 is 1.72 bits per heavy atom. The monoisotopic (exact) mass is 248 g/mol. The summed E-state index contributed by atoms with van der Waals surface area (Å²) in [6.07, 6.45) is 6.24. The van der Waals surface area contributed by atoms with Crippen LogP contribution in [-0.2, 0) is 0 Å². The Bertz CT molecular complexity index is 341. The number of carbonyl (C=O) groups excluding carboxylic acids is 1. The molecule has 0 radical (unpaired) electrons. The molecule has 0 fully saturated rings. The number of rotatable bonds is 9. The summed E-state index contributed by atoms with van der Waals surface area (Å²) in [5.74, 6) is 1.09. The van der Waals surface area contributed by atoms with Crippen LogP contribution in [0.2, 0.25) is 0 Å². The fourth-order valence-corrected chi connectivity index (χ4v) is 1.81. The van der Waals surface area contributed by atoms with Crippen LogP contribution >= 0.6 is 0 Å². The molecule has 0 amide bonds. The summed E-state index contributed by atoms with van der Waals surface area (Å²) in [6, 6.07) is 7.50. The zero-order valence-corrected chi connectivity index (χ0v) is 11.6. The molecule has 0 aliphatic carbocycles. The minimum Gasteiger partial charge on any atom is -0.494 e. The van der Waals surface area contributed by atoms with Crippen molar-refractivity contribution in [3.63, 3.8) is 0 Å². The van der Waals surface area contributed by atoms with Crippen LogP contribution in [0.5, 0.6) is 5.75 Å². The van der Waals surface area contributed by atoms with E-state index in [0.29, 0.717) is 6.42 Å². The van der Waals surface area contributed by atoms with Crippen molar-refractivity contribution in [2.75, 3.05) is 6.61 Å². The van der Waals surface area contributed by atoms with Crippen molar-refractivity contribution in [2.24, 2.45) is 0 Å². The molecule has 1 aromatic rings. The number of benzene rings is 1. The van der Waals surface area contributed by atoms with Gasteiger partial charge in [-0.3, -0.25) is 4.79 Å². The summed E-state index contributed by atoms with van der Waals surface area (Å²) in [4.78, 5) is 11.9. The van der Waals surface area contributed by atoms with E-state index in [1.807, 2.05) is 24.3 Å². The van der Waals surface area contributed by atoms with E-state index in [0.717, 1.165) is 37.2 Å². The zero-order chi connectivity index (χ0) is 13.2. The topological polar surface area (TPSA) is 26.3 Å². The van der Waals surface area contributed by atoms with Crippen molar-refractivity contribution in [2.45, 2.75) is 52.4 Å². The largest absolute Gasteiger partial charge is 0.494 e. The molecule has 0 aliphatic rings. The predicted octanol–water partition coefficient (Wildman–Crippen LogP) is 4.63. The van der Waals surface area contributed by atoms with Gasteiger partial charge < -0.3 is 4.74 Å². The van der Waals surface area contributed by atoms with E-state index in [9.17, 15) is 4.79 Å². The maximum atomic E-state index is 11.9. The molecule has 0 saturated heterocycles. The third-order valence-corrected chi connectivity index (χ3v) is 2.91. The van der Waals surface area contributed by atoms with E-state index >= 15 is 0 Å². The number of hydrogen-bond donors (Lipinski definition) is 0. The van der Waals surface area contributed by atoms with Crippen LogP contribution in [0.1, 0.15) is 62.7 Å². The average Bonchev–Trinajstić information content (AvgIpc) is 2.41. The first kappa shape index (κ1) is 14.7. The molecule has 1 aromatic carbocycles. The van der Waals surface area contributed by atoms with Gasteiger partial charge in [-0.05, 0) is 37.1 Å². The summed E-state index contributed by atoms with van der Waals surface area (Å²) in [5.41, 5.74) is 0.801. The second-order valence-corrected chi connectivity index (χ2v) is 4.61. The van der Waals surface area contributed by atoms with Crippen LogP contribution in [0.3, 0.4) is 0 Å².